The quantitative estimate of drug-likeness (QED) is 0.775. The van der Waals surface area contributed by atoms with Crippen LogP contribution in [0.1, 0.15) is 25.0 Å². The van der Waals surface area contributed by atoms with Crippen LogP contribution in [0.5, 0.6) is 0 Å². The minimum absolute atomic E-state index is 0.0699. The number of hydrogen-bond acceptors (Lipinski definition) is 3. The van der Waals surface area contributed by atoms with E-state index in [-0.39, 0.29) is 18.0 Å². The first-order valence-electron chi connectivity index (χ1n) is 6.27. The van der Waals surface area contributed by atoms with Crippen molar-refractivity contribution in [2.24, 2.45) is 5.92 Å². The fraction of sp³-hybridized carbons (Fsp3) is 0.462. The molecule has 0 unspecified atom stereocenters. The number of urea groups is 1. The second kappa shape index (κ2) is 5.69. The maximum Gasteiger partial charge on any atom is 0.319 e. The second-order valence-corrected chi connectivity index (χ2v) is 4.83. The number of carbonyl (C=O) groups excluding carboxylic acids is 1. The summed E-state index contributed by atoms with van der Waals surface area (Å²) in [6.07, 6.45) is 3.40. The lowest BCUT2D eigenvalue weighted by molar-refractivity contribution is -0.141. The molecule has 0 radical (unpaired) electrons. The molecular weight excluding hydrogens is 246 g/mol. The van der Waals surface area contributed by atoms with Gasteiger partial charge in [-0.3, -0.25) is 9.78 Å². The number of carboxylic acids is 1. The van der Waals surface area contributed by atoms with Gasteiger partial charge in [0.05, 0.1) is 17.8 Å². The molecule has 1 aromatic heterocycles. The van der Waals surface area contributed by atoms with Gasteiger partial charge in [0, 0.05) is 11.7 Å². The van der Waals surface area contributed by atoms with Crippen molar-refractivity contribution in [1.82, 2.24) is 10.3 Å². The first kappa shape index (κ1) is 13.3. The van der Waals surface area contributed by atoms with Crippen molar-refractivity contribution >= 4 is 17.7 Å². The predicted octanol–water partition coefficient (Wildman–Crippen LogP) is 1.76. The Morgan fingerprint density at radius 1 is 1.37 bits per heavy atom. The van der Waals surface area contributed by atoms with Crippen LogP contribution in [0.4, 0.5) is 10.5 Å². The number of aliphatic carboxylic acids is 1. The van der Waals surface area contributed by atoms with Crippen LogP contribution < -0.4 is 10.6 Å². The molecule has 3 N–H and O–H groups in total. The maximum atomic E-state index is 11.7. The van der Waals surface area contributed by atoms with Crippen molar-refractivity contribution in [3.8, 4) is 0 Å². The zero-order valence-electron chi connectivity index (χ0n) is 10.7. The van der Waals surface area contributed by atoms with Gasteiger partial charge in [0.15, 0.2) is 0 Å². The van der Waals surface area contributed by atoms with E-state index in [1.165, 1.54) is 0 Å². The lowest BCUT2D eigenvalue weighted by Crippen LogP contribution is -2.36. The van der Waals surface area contributed by atoms with Crippen LogP contribution >= 0.6 is 0 Å². The van der Waals surface area contributed by atoms with Crippen molar-refractivity contribution in [3.05, 3.63) is 24.0 Å². The van der Waals surface area contributed by atoms with Crippen molar-refractivity contribution in [2.75, 3.05) is 5.32 Å². The highest BCUT2D eigenvalue weighted by Gasteiger charge is 2.30. The number of carboxylic acid groups (broad SMARTS) is 1. The molecule has 19 heavy (non-hydrogen) atoms. The maximum absolute atomic E-state index is 11.7. The van der Waals surface area contributed by atoms with Crippen LogP contribution in [0.2, 0.25) is 0 Å². The average molecular weight is 263 g/mol. The molecular formula is C13H17N3O3. The number of hydrogen-bond donors (Lipinski definition) is 3. The summed E-state index contributed by atoms with van der Waals surface area (Å²) in [6.45, 7) is 1.87. The standard InChI is InChI=1S/C13H17N3O3/c1-8-2-4-11(7-14-8)16-13(19)15-10-5-3-9(6-10)12(17)18/h2,4,7,9-10H,3,5-6H2,1H3,(H,17,18)(H2,15,16,19)/t9-,10+/m1/s1. The number of aromatic nitrogens is 1. The van der Waals surface area contributed by atoms with Crippen LogP contribution in [0.3, 0.4) is 0 Å². The van der Waals surface area contributed by atoms with Crippen molar-refractivity contribution in [2.45, 2.75) is 32.2 Å². The fourth-order valence-electron chi connectivity index (χ4n) is 2.23. The number of rotatable bonds is 3. The summed E-state index contributed by atoms with van der Waals surface area (Å²) in [5.74, 6) is -1.13. The summed E-state index contributed by atoms with van der Waals surface area (Å²) >= 11 is 0. The molecule has 6 heteroatoms. The Kier molecular flexibility index (Phi) is 3.99. The monoisotopic (exact) mass is 263 g/mol. The highest BCUT2D eigenvalue weighted by Crippen LogP contribution is 2.25. The minimum atomic E-state index is -0.785. The van der Waals surface area contributed by atoms with Crippen LogP contribution in [-0.4, -0.2) is 28.1 Å². The summed E-state index contributed by atoms with van der Waals surface area (Å²) in [5, 5.41) is 14.4. The zero-order valence-corrected chi connectivity index (χ0v) is 10.7. The van der Waals surface area contributed by atoms with Gasteiger partial charge in [0.2, 0.25) is 0 Å². The van der Waals surface area contributed by atoms with E-state index in [4.69, 9.17) is 5.11 Å². The molecule has 0 saturated heterocycles. The topological polar surface area (TPSA) is 91.3 Å². The SMILES string of the molecule is Cc1ccc(NC(=O)N[C@H]2CC[C@@H](C(=O)O)C2)cn1. The highest BCUT2D eigenvalue weighted by atomic mass is 16.4. The van der Waals surface area contributed by atoms with Gasteiger partial charge in [-0.05, 0) is 38.3 Å². The van der Waals surface area contributed by atoms with Gasteiger partial charge in [-0.25, -0.2) is 4.79 Å². The normalized spacial score (nSPS) is 21.9. The third-order valence-corrected chi connectivity index (χ3v) is 3.29. The largest absolute Gasteiger partial charge is 0.481 e. The smallest absolute Gasteiger partial charge is 0.319 e. The van der Waals surface area contributed by atoms with Crippen molar-refractivity contribution in [1.29, 1.82) is 0 Å². The van der Waals surface area contributed by atoms with E-state index < -0.39 is 5.97 Å². The van der Waals surface area contributed by atoms with E-state index in [1.54, 1.807) is 12.3 Å². The molecule has 1 saturated carbocycles. The minimum Gasteiger partial charge on any atom is -0.481 e. The van der Waals surface area contributed by atoms with E-state index in [0.29, 0.717) is 24.9 Å². The molecule has 1 aliphatic rings. The third kappa shape index (κ3) is 3.67. The van der Waals surface area contributed by atoms with Crippen LogP contribution in [0.15, 0.2) is 18.3 Å². The van der Waals surface area contributed by atoms with Gasteiger partial charge in [0.25, 0.3) is 0 Å². The van der Waals surface area contributed by atoms with Gasteiger partial charge in [-0.1, -0.05) is 0 Å². The van der Waals surface area contributed by atoms with Gasteiger partial charge in [-0.15, -0.1) is 0 Å². The molecule has 1 aromatic rings. The van der Waals surface area contributed by atoms with E-state index in [2.05, 4.69) is 15.6 Å². The first-order valence-corrected chi connectivity index (χ1v) is 6.27. The Morgan fingerprint density at radius 2 is 2.16 bits per heavy atom. The molecule has 102 valence electrons. The van der Waals surface area contributed by atoms with E-state index in [0.717, 1.165) is 5.69 Å². The number of carbonyl (C=O) groups is 2. The summed E-state index contributed by atoms with van der Waals surface area (Å²) < 4.78 is 0. The molecule has 6 nitrogen and oxygen atoms in total. The number of amides is 2. The molecule has 1 heterocycles. The lowest BCUT2D eigenvalue weighted by Gasteiger charge is -2.13. The third-order valence-electron chi connectivity index (χ3n) is 3.29. The van der Waals surface area contributed by atoms with E-state index >= 15 is 0 Å². The Hall–Kier alpha value is -2.11. The summed E-state index contributed by atoms with van der Waals surface area (Å²) in [7, 11) is 0. The van der Waals surface area contributed by atoms with Gasteiger partial charge in [-0.2, -0.15) is 0 Å². The molecule has 1 fully saturated rings. The van der Waals surface area contributed by atoms with Crippen molar-refractivity contribution in [3.63, 3.8) is 0 Å². The first-order chi connectivity index (χ1) is 9.04. The molecule has 2 rings (SSSR count). The number of nitrogens with zero attached hydrogens (tertiary/aromatic N) is 1. The number of aryl methyl sites for hydroxylation is 1. The predicted molar refractivity (Wildman–Crippen MR) is 69.9 cm³/mol. The summed E-state index contributed by atoms with van der Waals surface area (Å²) in [6, 6.07) is 3.20. The number of anilines is 1. The van der Waals surface area contributed by atoms with Crippen LogP contribution in [0.25, 0.3) is 0 Å². The van der Waals surface area contributed by atoms with Gasteiger partial charge in [0.1, 0.15) is 0 Å². The lowest BCUT2D eigenvalue weighted by atomic mass is 10.1. The van der Waals surface area contributed by atoms with E-state index in [1.807, 2.05) is 13.0 Å². The van der Waals surface area contributed by atoms with Gasteiger partial charge >= 0.3 is 12.0 Å². The van der Waals surface area contributed by atoms with Crippen molar-refractivity contribution < 1.29 is 14.7 Å². The molecule has 0 bridgehead atoms. The Morgan fingerprint density at radius 3 is 2.74 bits per heavy atom. The fourth-order valence-corrected chi connectivity index (χ4v) is 2.23. The molecule has 0 spiro atoms. The Balaban J connectivity index is 1.82. The zero-order chi connectivity index (χ0) is 13.8. The van der Waals surface area contributed by atoms with Gasteiger partial charge < -0.3 is 15.7 Å². The molecule has 2 amide bonds. The molecule has 0 aliphatic heterocycles. The molecule has 2 atom stereocenters. The number of pyridine rings is 1. The van der Waals surface area contributed by atoms with E-state index in [9.17, 15) is 9.59 Å². The number of nitrogens with one attached hydrogen (secondary N) is 2. The Labute approximate surface area is 111 Å². The summed E-state index contributed by atoms with van der Waals surface area (Å²) in [4.78, 5) is 26.6. The van der Waals surface area contributed by atoms with Crippen LogP contribution in [0, 0.1) is 12.8 Å². The molecule has 0 aromatic carbocycles. The Bertz CT molecular complexity index is 473. The summed E-state index contributed by atoms with van der Waals surface area (Å²) in [5.41, 5.74) is 1.50. The second-order valence-electron chi connectivity index (χ2n) is 4.83. The van der Waals surface area contributed by atoms with Crippen LogP contribution in [-0.2, 0) is 4.79 Å². The average Bonchev–Trinajstić information content (AvgIpc) is 2.80. The highest BCUT2D eigenvalue weighted by molar-refractivity contribution is 5.89. The molecule has 1 aliphatic carbocycles.